The molecule has 21 heavy (non-hydrogen) atoms. The molecule has 0 aromatic heterocycles. The Bertz CT molecular complexity index is 523. The second kappa shape index (κ2) is 8.51. The second-order valence-corrected chi connectivity index (χ2v) is 6.78. The summed E-state index contributed by atoms with van der Waals surface area (Å²) in [7, 11) is 0. The maximum Gasteiger partial charge on any atom is 0.316 e. The number of anilines is 1. The lowest BCUT2D eigenvalue weighted by Crippen LogP contribution is -2.24. The molecule has 1 unspecified atom stereocenters. The van der Waals surface area contributed by atoms with Crippen LogP contribution in [0.4, 0.5) is 5.69 Å². The number of benzene rings is 1. The quantitative estimate of drug-likeness (QED) is 0.788. The van der Waals surface area contributed by atoms with Crippen LogP contribution in [0.2, 0.25) is 10.0 Å². The Morgan fingerprint density at radius 2 is 1.95 bits per heavy atom. The first kappa shape index (κ1) is 18.1. The average Bonchev–Trinajstić information content (AvgIpc) is 2.39. The van der Waals surface area contributed by atoms with Crippen molar-refractivity contribution in [3.8, 4) is 0 Å². The van der Waals surface area contributed by atoms with E-state index in [2.05, 4.69) is 5.32 Å². The van der Waals surface area contributed by atoms with E-state index in [1.807, 2.05) is 0 Å². The van der Waals surface area contributed by atoms with Gasteiger partial charge in [0.1, 0.15) is 0 Å². The average molecular weight is 350 g/mol. The minimum Gasteiger partial charge on any atom is -0.462 e. The smallest absolute Gasteiger partial charge is 0.316 e. The van der Waals surface area contributed by atoms with Gasteiger partial charge in [-0.1, -0.05) is 23.2 Å². The molecule has 1 atom stereocenters. The summed E-state index contributed by atoms with van der Waals surface area (Å²) in [6.45, 7) is 5.26. The number of thioether (sulfide) groups is 1. The summed E-state index contributed by atoms with van der Waals surface area (Å²) in [6, 6.07) is 4.82. The summed E-state index contributed by atoms with van der Waals surface area (Å²) in [5.74, 6) is -0.465. The lowest BCUT2D eigenvalue weighted by Gasteiger charge is -2.13. The van der Waals surface area contributed by atoms with Crippen molar-refractivity contribution in [2.24, 2.45) is 0 Å². The molecule has 7 heteroatoms. The topological polar surface area (TPSA) is 55.4 Å². The van der Waals surface area contributed by atoms with Gasteiger partial charge in [0, 0.05) is 5.02 Å². The zero-order valence-corrected chi connectivity index (χ0v) is 14.3. The fourth-order valence-electron chi connectivity index (χ4n) is 1.39. The number of carbonyl (C=O) groups excluding carboxylic acids is 2. The van der Waals surface area contributed by atoms with Gasteiger partial charge < -0.3 is 10.1 Å². The number of ether oxygens (including phenoxy) is 1. The molecule has 0 fully saturated rings. The Kier molecular flexibility index (Phi) is 7.35. The Labute approximate surface area is 138 Å². The molecule has 116 valence electrons. The molecular weight excluding hydrogens is 333 g/mol. The molecule has 0 saturated heterocycles. The van der Waals surface area contributed by atoms with Crippen LogP contribution in [-0.4, -0.2) is 29.0 Å². The van der Waals surface area contributed by atoms with Crippen LogP contribution in [0.5, 0.6) is 0 Å². The van der Waals surface area contributed by atoms with Gasteiger partial charge in [0.05, 0.1) is 27.8 Å². The molecule has 4 nitrogen and oxygen atoms in total. The molecule has 0 spiro atoms. The Balaban J connectivity index is 2.51. The molecule has 0 aliphatic carbocycles. The van der Waals surface area contributed by atoms with Crippen molar-refractivity contribution in [3.63, 3.8) is 0 Å². The third-order valence-corrected chi connectivity index (χ3v) is 4.05. The highest BCUT2D eigenvalue weighted by Crippen LogP contribution is 2.26. The number of esters is 1. The lowest BCUT2D eigenvalue weighted by atomic mass is 10.3. The molecular formula is C14H17Cl2NO3S. The highest BCUT2D eigenvalue weighted by Gasteiger charge is 2.17. The Hall–Kier alpha value is -0.910. The molecule has 0 aliphatic heterocycles. The monoisotopic (exact) mass is 349 g/mol. The molecule has 0 saturated carbocycles. The van der Waals surface area contributed by atoms with Crippen LogP contribution in [0.3, 0.4) is 0 Å². The van der Waals surface area contributed by atoms with E-state index in [1.54, 1.807) is 39.0 Å². The van der Waals surface area contributed by atoms with E-state index in [0.717, 1.165) is 0 Å². The Morgan fingerprint density at radius 3 is 2.57 bits per heavy atom. The van der Waals surface area contributed by atoms with Crippen LogP contribution >= 0.6 is 35.0 Å². The molecule has 0 radical (unpaired) electrons. The molecule has 0 aliphatic rings. The van der Waals surface area contributed by atoms with Gasteiger partial charge >= 0.3 is 5.97 Å². The summed E-state index contributed by atoms with van der Waals surface area (Å²) >= 11 is 13.0. The third kappa shape index (κ3) is 6.59. The fraction of sp³-hybridized carbons (Fsp3) is 0.429. The molecule has 1 N–H and O–H groups in total. The normalized spacial score (nSPS) is 12.1. The molecule has 0 heterocycles. The SMILES string of the molecule is CC(C)OC(=O)CSC(C)C(=O)Nc1cc(Cl)ccc1Cl. The van der Waals surface area contributed by atoms with Gasteiger partial charge in [0.15, 0.2) is 0 Å². The number of rotatable bonds is 6. The number of halogens is 2. The maximum atomic E-state index is 12.0. The summed E-state index contributed by atoms with van der Waals surface area (Å²) in [4.78, 5) is 23.4. The van der Waals surface area contributed by atoms with Crippen LogP contribution in [-0.2, 0) is 14.3 Å². The van der Waals surface area contributed by atoms with Crippen LogP contribution in [0.1, 0.15) is 20.8 Å². The zero-order valence-electron chi connectivity index (χ0n) is 12.0. The maximum absolute atomic E-state index is 12.0. The van der Waals surface area contributed by atoms with Crippen LogP contribution in [0, 0.1) is 0 Å². The molecule has 0 bridgehead atoms. The van der Waals surface area contributed by atoms with Crippen LogP contribution in [0.15, 0.2) is 18.2 Å². The van der Waals surface area contributed by atoms with Gasteiger partial charge in [-0.2, -0.15) is 0 Å². The van der Waals surface area contributed by atoms with Crippen LogP contribution < -0.4 is 5.32 Å². The number of hydrogen-bond donors (Lipinski definition) is 1. The summed E-state index contributed by atoms with van der Waals surface area (Å²) < 4.78 is 5.00. The number of amides is 1. The lowest BCUT2D eigenvalue weighted by molar-refractivity contribution is -0.144. The van der Waals surface area contributed by atoms with E-state index in [4.69, 9.17) is 27.9 Å². The van der Waals surface area contributed by atoms with Crippen molar-refractivity contribution in [2.75, 3.05) is 11.1 Å². The van der Waals surface area contributed by atoms with Gasteiger partial charge in [-0.3, -0.25) is 9.59 Å². The number of nitrogens with one attached hydrogen (secondary N) is 1. The zero-order chi connectivity index (χ0) is 16.0. The first-order valence-electron chi connectivity index (χ1n) is 6.36. The number of carbonyl (C=O) groups is 2. The molecule has 1 rings (SSSR count). The summed E-state index contributed by atoms with van der Waals surface area (Å²) in [5.41, 5.74) is 0.450. The molecule has 1 aromatic carbocycles. The van der Waals surface area contributed by atoms with Crippen molar-refractivity contribution in [1.29, 1.82) is 0 Å². The van der Waals surface area contributed by atoms with E-state index in [0.29, 0.717) is 15.7 Å². The van der Waals surface area contributed by atoms with E-state index in [9.17, 15) is 9.59 Å². The van der Waals surface area contributed by atoms with Crippen molar-refractivity contribution >= 4 is 52.5 Å². The number of hydrogen-bond acceptors (Lipinski definition) is 4. The predicted molar refractivity (Wildman–Crippen MR) is 88.2 cm³/mol. The van der Waals surface area contributed by atoms with Crippen molar-refractivity contribution in [1.82, 2.24) is 0 Å². The van der Waals surface area contributed by atoms with E-state index in [-0.39, 0.29) is 23.7 Å². The van der Waals surface area contributed by atoms with Crippen molar-refractivity contribution < 1.29 is 14.3 Å². The van der Waals surface area contributed by atoms with E-state index in [1.165, 1.54) is 11.8 Å². The third-order valence-electron chi connectivity index (χ3n) is 2.37. The van der Waals surface area contributed by atoms with Gasteiger partial charge in [0.25, 0.3) is 0 Å². The largest absolute Gasteiger partial charge is 0.462 e. The standard InChI is InChI=1S/C14H17Cl2NO3S/c1-8(2)20-13(18)7-21-9(3)14(19)17-12-6-10(15)4-5-11(12)16/h4-6,8-9H,7H2,1-3H3,(H,17,19). The van der Waals surface area contributed by atoms with Crippen molar-refractivity contribution in [2.45, 2.75) is 32.1 Å². The van der Waals surface area contributed by atoms with Crippen molar-refractivity contribution in [3.05, 3.63) is 28.2 Å². The predicted octanol–water partition coefficient (Wildman–Crippen LogP) is 4.01. The highest BCUT2D eigenvalue weighted by atomic mass is 35.5. The molecule has 1 amide bonds. The minimum absolute atomic E-state index is 0.121. The second-order valence-electron chi connectivity index (χ2n) is 4.61. The first-order valence-corrected chi connectivity index (χ1v) is 8.17. The van der Waals surface area contributed by atoms with Gasteiger partial charge in [0.2, 0.25) is 5.91 Å². The van der Waals surface area contributed by atoms with E-state index >= 15 is 0 Å². The Morgan fingerprint density at radius 1 is 1.29 bits per heavy atom. The van der Waals surface area contributed by atoms with Gasteiger partial charge in [-0.25, -0.2) is 0 Å². The van der Waals surface area contributed by atoms with E-state index < -0.39 is 5.25 Å². The first-order chi connectivity index (χ1) is 9.79. The summed E-state index contributed by atoms with van der Waals surface area (Å²) in [6.07, 6.45) is -0.160. The van der Waals surface area contributed by atoms with Crippen LogP contribution in [0.25, 0.3) is 0 Å². The molecule has 1 aromatic rings. The van der Waals surface area contributed by atoms with Gasteiger partial charge in [-0.15, -0.1) is 11.8 Å². The fourth-order valence-corrected chi connectivity index (χ4v) is 2.39. The summed E-state index contributed by atoms with van der Waals surface area (Å²) in [5, 5.41) is 3.16. The minimum atomic E-state index is -0.417. The highest BCUT2D eigenvalue weighted by molar-refractivity contribution is 8.01. The van der Waals surface area contributed by atoms with Gasteiger partial charge in [-0.05, 0) is 39.0 Å².